The number of anilines is 1. The second-order valence-corrected chi connectivity index (χ2v) is 4.53. The van der Waals surface area contributed by atoms with E-state index in [-0.39, 0.29) is 5.91 Å². The van der Waals surface area contributed by atoms with Crippen molar-refractivity contribution in [3.05, 3.63) is 48.5 Å². The molecule has 0 saturated heterocycles. The predicted molar refractivity (Wildman–Crippen MR) is 79.8 cm³/mol. The molecule has 0 unspecified atom stereocenters. The van der Waals surface area contributed by atoms with Crippen molar-refractivity contribution in [3.63, 3.8) is 0 Å². The van der Waals surface area contributed by atoms with Crippen LogP contribution < -0.4 is 10.6 Å². The van der Waals surface area contributed by atoms with Gasteiger partial charge >= 0.3 is 0 Å². The van der Waals surface area contributed by atoms with Crippen molar-refractivity contribution in [2.75, 3.05) is 18.4 Å². The summed E-state index contributed by atoms with van der Waals surface area (Å²) in [5.74, 6) is -0.0516. The molecule has 0 saturated carbocycles. The minimum Gasteiger partial charge on any atom is -0.384 e. The van der Waals surface area contributed by atoms with E-state index in [0.29, 0.717) is 12.1 Å². The first-order valence-corrected chi connectivity index (χ1v) is 6.88. The maximum atomic E-state index is 12.2. The number of nitrogens with zero attached hydrogens (tertiary/aromatic N) is 2. The molecule has 0 fully saturated rings. The third-order valence-electron chi connectivity index (χ3n) is 2.95. The summed E-state index contributed by atoms with van der Waals surface area (Å²) in [7, 11) is 0. The molecule has 0 aliphatic heterocycles. The summed E-state index contributed by atoms with van der Waals surface area (Å²) in [6.07, 6.45) is 6.37. The molecule has 0 bridgehead atoms. The zero-order valence-corrected chi connectivity index (χ0v) is 11.7. The van der Waals surface area contributed by atoms with Crippen molar-refractivity contribution < 1.29 is 4.79 Å². The van der Waals surface area contributed by atoms with E-state index in [2.05, 4.69) is 22.5 Å². The Hall–Kier alpha value is -2.30. The Morgan fingerprint density at radius 3 is 2.90 bits per heavy atom. The lowest BCUT2D eigenvalue weighted by Crippen LogP contribution is -2.27. The molecule has 2 aromatic rings. The van der Waals surface area contributed by atoms with E-state index in [0.717, 1.165) is 25.2 Å². The fourth-order valence-electron chi connectivity index (χ4n) is 1.91. The molecule has 1 aromatic carbocycles. The largest absolute Gasteiger partial charge is 0.384 e. The second kappa shape index (κ2) is 7.33. The van der Waals surface area contributed by atoms with E-state index in [4.69, 9.17) is 0 Å². The summed E-state index contributed by atoms with van der Waals surface area (Å²) in [5.41, 5.74) is 1.57. The number of benzene rings is 1. The topological polar surface area (TPSA) is 59.0 Å². The SMILES string of the molecule is CCCNc1ccccc1C(=O)NCCn1ccnc1. The van der Waals surface area contributed by atoms with Crippen LogP contribution in [0.4, 0.5) is 5.69 Å². The number of para-hydroxylation sites is 1. The zero-order chi connectivity index (χ0) is 14.2. The Kier molecular flexibility index (Phi) is 5.17. The lowest BCUT2D eigenvalue weighted by Gasteiger charge is -2.11. The first-order chi connectivity index (χ1) is 9.81. The summed E-state index contributed by atoms with van der Waals surface area (Å²) >= 11 is 0. The third kappa shape index (κ3) is 3.85. The van der Waals surface area contributed by atoms with E-state index in [1.165, 1.54) is 0 Å². The highest BCUT2D eigenvalue weighted by atomic mass is 16.1. The quantitative estimate of drug-likeness (QED) is 0.812. The van der Waals surface area contributed by atoms with Crippen LogP contribution in [0.2, 0.25) is 0 Å². The number of carbonyl (C=O) groups excluding carboxylic acids is 1. The molecule has 20 heavy (non-hydrogen) atoms. The van der Waals surface area contributed by atoms with Crippen LogP contribution >= 0.6 is 0 Å². The molecule has 2 rings (SSSR count). The van der Waals surface area contributed by atoms with Crippen molar-refractivity contribution in [1.29, 1.82) is 0 Å². The van der Waals surface area contributed by atoms with Gasteiger partial charge in [0, 0.05) is 37.7 Å². The highest BCUT2D eigenvalue weighted by Gasteiger charge is 2.09. The molecular weight excluding hydrogens is 252 g/mol. The molecule has 0 radical (unpaired) electrons. The molecule has 5 nitrogen and oxygen atoms in total. The van der Waals surface area contributed by atoms with Crippen molar-refractivity contribution in [1.82, 2.24) is 14.9 Å². The molecule has 5 heteroatoms. The van der Waals surface area contributed by atoms with E-state index in [9.17, 15) is 4.79 Å². The standard InChI is InChI=1S/C15H20N4O/c1-2-7-17-14-6-4-3-5-13(14)15(20)18-9-11-19-10-8-16-12-19/h3-6,8,10,12,17H,2,7,9,11H2,1H3,(H,18,20). The number of carbonyl (C=O) groups is 1. The Labute approximate surface area is 119 Å². The molecule has 0 aliphatic rings. The van der Waals surface area contributed by atoms with Gasteiger partial charge < -0.3 is 15.2 Å². The van der Waals surface area contributed by atoms with E-state index >= 15 is 0 Å². The van der Waals surface area contributed by atoms with Gasteiger partial charge in [0.25, 0.3) is 5.91 Å². The van der Waals surface area contributed by atoms with Crippen molar-refractivity contribution in [3.8, 4) is 0 Å². The summed E-state index contributed by atoms with van der Waals surface area (Å²) in [6, 6.07) is 7.58. The highest BCUT2D eigenvalue weighted by Crippen LogP contribution is 2.14. The summed E-state index contributed by atoms with van der Waals surface area (Å²) < 4.78 is 1.93. The maximum absolute atomic E-state index is 12.2. The first-order valence-electron chi connectivity index (χ1n) is 6.88. The summed E-state index contributed by atoms with van der Waals surface area (Å²) in [5, 5.41) is 6.20. The van der Waals surface area contributed by atoms with Crippen LogP contribution in [-0.2, 0) is 6.54 Å². The predicted octanol–water partition coefficient (Wildman–Crippen LogP) is 2.13. The fourth-order valence-corrected chi connectivity index (χ4v) is 1.91. The Bertz CT molecular complexity index is 537. The zero-order valence-electron chi connectivity index (χ0n) is 11.7. The number of amides is 1. The fraction of sp³-hybridized carbons (Fsp3) is 0.333. The van der Waals surface area contributed by atoms with Gasteiger partial charge in [-0.1, -0.05) is 19.1 Å². The maximum Gasteiger partial charge on any atom is 0.253 e. The average molecular weight is 272 g/mol. The van der Waals surface area contributed by atoms with Gasteiger partial charge in [-0.05, 0) is 18.6 Å². The van der Waals surface area contributed by atoms with Gasteiger partial charge in [0.2, 0.25) is 0 Å². The molecule has 0 aliphatic carbocycles. The van der Waals surface area contributed by atoms with Gasteiger partial charge in [-0.2, -0.15) is 0 Å². The molecule has 0 spiro atoms. The minimum atomic E-state index is -0.0516. The van der Waals surface area contributed by atoms with Gasteiger partial charge in [0.1, 0.15) is 0 Å². The molecular formula is C15H20N4O. The summed E-state index contributed by atoms with van der Waals surface area (Å²) in [6.45, 7) is 4.26. The summed E-state index contributed by atoms with van der Waals surface area (Å²) in [4.78, 5) is 16.1. The lowest BCUT2D eigenvalue weighted by molar-refractivity contribution is 0.0953. The normalized spacial score (nSPS) is 10.2. The lowest BCUT2D eigenvalue weighted by atomic mass is 10.1. The Balaban J connectivity index is 1.91. The number of aromatic nitrogens is 2. The molecule has 2 N–H and O–H groups in total. The number of rotatable bonds is 7. The number of nitrogens with one attached hydrogen (secondary N) is 2. The van der Waals surface area contributed by atoms with E-state index < -0.39 is 0 Å². The average Bonchev–Trinajstić information content (AvgIpc) is 2.98. The van der Waals surface area contributed by atoms with Crippen molar-refractivity contribution >= 4 is 11.6 Å². The van der Waals surface area contributed by atoms with Crippen LogP contribution in [0.15, 0.2) is 43.0 Å². The number of hydrogen-bond donors (Lipinski definition) is 2. The van der Waals surface area contributed by atoms with E-state index in [1.54, 1.807) is 12.5 Å². The second-order valence-electron chi connectivity index (χ2n) is 4.53. The Morgan fingerprint density at radius 1 is 1.30 bits per heavy atom. The van der Waals surface area contributed by atoms with Crippen LogP contribution in [0.25, 0.3) is 0 Å². The van der Waals surface area contributed by atoms with Gasteiger partial charge in [-0.3, -0.25) is 4.79 Å². The minimum absolute atomic E-state index is 0.0516. The van der Waals surface area contributed by atoms with Crippen LogP contribution in [0, 0.1) is 0 Å². The van der Waals surface area contributed by atoms with Crippen LogP contribution in [0.1, 0.15) is 23.7 Å². The molecule has 1 aromatic heterocycles. The van der Waals surface area contributed by atoms with E-state index in [1.807, 2.05) is 35.0 Å². The van der Waals surface area contributed by atoms with Crippen LogP contribution in [0.5, 0.6) is 0 Å². The Morgan fingerprint density at radius 2 is 2.15 bits per heavy atom. The number of imidazole rings is 1. The van der Waals surface area contributed by atoms with Gasteiger partial charge in [0.05, 0.1) is 11.9 Å². The van der Waals surface area contributed by atoms with Gasteiger partial charge in [-0.25, -0.2) is 4.98 Å². The van der Waals surface area contributed by atoms with Crippen molar-refractivity contribution in [2.45, 2.75) is 19.9 Å². The monoisotopic (exact) mass is 272 g/mol. The first kappa shape index (κ1) is 14.1. The smallest absolute Gasteiger partial charge is 0.253 e. The molecule has 0 atom stereocenters. The third-order valence-corrected chi connectivity index (χ3v) is 2.95. The van der Waals surface area contributed by atoms with Crippen LogP contribution in [-0.4, -0.2) is 28.5 Å². The molecule has 106 valence electrons. The molecule has 1 amide bonds. The van der Waals surface area contributed by atoms with Crippen LogP contribution in [0.3, 0.4) is 0 Å². The van der Waals surface area contributed by atoms with Gasteiger partial charge in [-0.15, -0.1) is 0 Å². The highest BCUT2D eigenvalue weighted by molar-refractivity contribution is 5.99. The number of hydrogen-bond acceptors (Lipinski definition) is 3. The van der Waals surface area contributed by atoms with Crippen molar-refractivity contribution in [2.24, 2.45) is 0 Å². The van der Waals surface area contributed by atoms with Gasteiger partial charge in [0.15, 0.2) is 0 Å². The molecule has 1 heterocycles.